The molecule has 0 atom stereocenters. The topological polar surface area (TPSA) is 113 Å². The summed E-state index contributed by atoms with van der Waals surface area (Å²) in [6.07, 6.45) is 0.537. The molecule has 0 amide bonds. The molecule has 0 bridgehead atoms. The number of benzene rings is 1. The highest BCUT2D eigenvalue weighted by Gasteiger charge is 2.22. The lowest BCUT2D eigenvalue weighted by Gasteiger charge is -2.19. The third kappa shape index (κ3) is 4.60. The van der Waals surface area contributed by atoms with Crippen molar-refractivity contribution >= 4 is 27.4 Å². The van der Waals surface area contributed by atoms with E-state index in [1.54, 1.807) is 19.9 Å². The van der Waals surface area contributed by atoms with E-state index in [1.165, 1.54) is 16.4 Å². The van der Waals surface area contributed by atoms with E-state index in [-0.39, 0.29) is 11.3 Å². The van der Waals surface area contributed by atoms with Crippen molar-refractivity contribution in [1.29, 1.82) is 0 Å². The number of sulfonamides is 1. The monoisotopic (exact) mass is 329 g/mol. The minimum absolute atomic E-state index is 0.0708. The SMILES string of the molecule is CCN(CC)S(=O)(=O)c1ccc(NCCCC(=O)O)c(N)c1. The lowest BCUT2D eigenvalue weighted by molar-refractivity contribution is -0.137. The number of anilines is 2. The van der Waals surface area contributed by atoms with Crippen LogP contribution in [-0.2, 0) is 14.8 Å². The second-order valence-corrected chi connectivity index (χ2v) is 6.70. The number of nitrogens with zero attached hydrogens (tertiary/aromatic N) is 1. The van der Waals surface area contributed by atoms with E-state index in [1.807, 2.05) is 0 Å². The van der Waals surface area contributed by atoms with E-state index in [9.17, 15) is 13.2 Å². The van der Waals surface area contributed by atoms with Gasteiger partial charge in [0, 0.05) is 26.1 Å². The Morgan fingerprint density at radius 1 is 1.32 bits per heavy atom. The van der Waals surface area contributed by atoms with Crippen molar-refractivity contribution in [2.75, 3.05) is 30.7 Å². The van der Waals surface area contributed by atoms with Gasteiger partial charge in [-0.15, -0.1) is 0 Å². The van der Waals surface area contributed by atoms with Crippen LogP contribution >= 0.6 is 0 Å². The number of carboxylic acid groups (broad SMARTS) is 1. The van der Waals surface area contributed by atoms with Crippen LogP contribution in [0.3, 0.4) is 0 Å². The van der Waals surface area contributed by atoms with Crippen LogP contribution in [0.2, 0.25) is 0 Å². The Balaban J connectivity index is 2.83. The Morgan fingerprint density at radius 3 is 2.45 bits per heavy atom. The third-order valence-electron chi connectivity index (χ3n) is 3.25. The number of carbonyl (C=O) groups is 1. The van der Waals surface area contributed by atoms with E-state index in [2.05, 4.69) is 5.32 Å². The second kappa shape index (κ2) is 8.00. The average Bonchev–Trinajstić information content (AvgIpc) is 2.45. The Morgan fingerprint density at radius 2 is 1.95 bits per heavy atom. The van der Waals surface area contributed by atoms with Crippen LogP contribution < -0.4 is 11.1 Å². The van der Waals surface area contributed by atoms with Gasteiger partial charge < -0.3 is 16.2 Å². The lowest BCUT2D eigenvalue weighted by atomic mass is 10.2. The lowest BCUT2D eigenvalue weighted by Crippen LogP contribution is -2.30. The average molecular weight is 329 g/mol. The van der Waals surface area contributed by atoms with Crippen LogP contribution in [0.1, 0.15) is 26.7 Å². The molecule has 0 spiro atoms. The molecule has 7 nitrogen and oxygen atoms in total. The van der Waals surface area contributed by atoms with E-state index in [0.29, 0.717) is 37.4 Å². The molecule has 0 saturated heterocycles. The molecule has 0 radical (unpaired) electrons. The first-order valence-corrected chi connectivity index (χ1v) is 8.62. The molecular weight excluding hydrogens is 306 g/mol. The van der Waals surface area contributed by atoms with Gasteiger partial charge in [0.2, 0.25) is 10.0 Å². The van der Waals surface area contributed by atoms with Gasteiger partial charge in [0.05, 0.1) is 16.3 Å². The summed E-state index contributed by atoms with van der Waals surface area (Å²) in [5.41, 5.74) is 6.80. The largest absolute Gasteiger partial charge is 0.481 e. The number of rotatable bonds is 9. The van der Waals surface area contributed by atoms with Gasteiger partial charge >= 0.3 is 5.97 Å². The van der Waals surface area contributed by atoms with Gasteiger partial charge in [-0.3, -0.25) is 4.79 Å². The fraction of sp³-hybridized carbons (Fsp3) is 0.500. The van der Waals surface area contributed by atoms with Crippen LogP contribution in [-0.4, -0.2) is 43.4 Å². The summed E-state index contributed by atoms with van der Waals surface area (Å²) in [4.78, 5) is 10.6. The zero-order valence-corrected chi connectivity index (χ0v) is 13.7. The summed E-state index contributed by atoms with van der Waals surface area (Å²) in [6, 6.07) is 4.53. The maximum atomic E-state index is 12.4. The quantitative estimate of drug-likeness (QED) is 0.468. The summed E-state index contributed by atoms with van der Waals surface area (Å²) in [7, 11) is -3.53. The molecule has 0 fully saturated rings. The van der Waals surface area contributed by atoms with Crippen molar-refractivity contribution in [3.63, 3.8) is 0 Å². The van der Waals surface area contributed by atoms with E-state index in [0.717, 1.165) is 0 Å². The van der Waals surface area contributed by atoms with Gasteiger partial charge in [0.15, 0.2) is 0 Å². The summed E-state index contributed by atoms with van der Waals surface area (Å²) < 4.78 is 26.1. The van der Waals surface area contributed by atoms with Crippen molar-refractivity contribution in [2.45, 2.75) is 31.6 Å². The molecule has 0 heterocycles. The van der Waals surface area contributed by atoms with Gasteiger partial charge in [-0.25, -0.2) is 8.42 Å². The first-order chi connectivity index (χ1) is 10.3. The number of carboxylic acids is 1. The zero-order chi connectivity index (χ0) is 16.8. The number of aliphatic carboxylic acids is 1. The minimum atomic E-state index is -3.53. The molecule has 0 saturated carbocycles. The van der Waals surface area contributed by atoms with Crippen molar-refractivity contribution < 1.29 is 18.3 Å². The maximum absolute atomic E-state index is 12.4. The van der Waals surface area contributed by atoms with Crippen LogP contribution in [0.15, 0.2) is 23.1 Å². The fourth-order valence-corrected chi connectivity index (χ4v) is 3.53. The molecule has 0 aliphatic rings. The molecular formula is C14H23N3O4S. The Hall–Kier alpha value is -1.80. The number of nitrogens with one attached hydrogen (secondary N) is 1. The normalized spacial score (nSPS) is 11.6. The highest BCUT2D eigenvalue weighted by atomic mass is 32.2. The number of hydrogen-bond donors (Lipinski definition) is 3. The van der Waals surface area contributed by atoms with Gasteiger partial charge in [0.1, 0.15) is 0 Å². The van der Waals surface area contributed by atoms with Crippen LogP contribution in [0.5, 0.6) is 0 Å². The van der Waals surface area contributed by atoms with Crippen molar-refractivity contribution in [3.05, 3.63) is 18.2 Å². The van der Waals surface area contributed by atoms with E-state index in [4.69, 9.17) is 10.8 Å². The van der Waals surface area contributed by atoms with E-state index < -0.39 is 16.0 Å². The summed E-state index contributed by atoms with van der Waals surface area (Å²) in [6.45, 7) is 4.81. The molecule has 8 heteroatoms. The van der Waals surface area contributed by atoms with Crippen LogP contribution in [0, 0.1) is 0 Å². The Kier molecular flexibility index (Phi) is 6.63. The van der Waals surface area contributed by atoms with Crippen LogP contribution in [0.4, 0.5) is 11.4 Å². The van der Waals surface area contributed by atoms with Gasteiger partial charge in [-0.1, -0.05) is 13.8 Å². The van der Waals surface area contributed by atoms with Crippen molar-refractivity contribution in [1.82, 2.24) is 4.31 Å². The molecule has 22 heavy (non-hydrogen) atoms. The smallest absolute Gasteiger partial charge is 0.303 e. The molecule has 4 N–H and O–H groups in total. The predicted octanol–water partition coefficient (Wildman–Crippen LogP) is 1.58. The third-order valence-corrected chi connectivity index (χ3v) is 5.29. The van der Waals surface area contributed by atoms with Crippen molar-refractivity contribution in [2.24, 2.45) is 0 Å². The first kappa shape index (κ1) is 18.2. The summed E-state index contributed by atoms with van der Waals surface area (Å²) >= 11 is 0. The number of nitrogens with two attached hydrogens (primary N) is 1. The summed E-state index contributed by atoms with van der Waals surface area (Å²) in [5, 5.41) is 11.6. The first-order valence-electron chi connectivity index (χ1n) is 7.18. The molecule has 1 rings (SSSR count). The molecule has 1 aromatic carbocycles. The number of nitrogen functional groups attached to an aromatic ring is 1. The zero-order valence-electron chi connectivity index (χ0n) is 12.9. The highest BCUT2D eigenvalue weighted by Crippen LogP contribution is 2.24. The highest BCUT2D eigenvalue weighted by molar-refractivity contribution is 7.89. The van der Waals surface area contributed by atoms with Crippen molar-refractivity contribution in [3.8, 4) is 0 Å². The van der Waals surface area contributed by atoms with Gasteiger partial charge in [-0.05, 0) is 24.6 Å². The predicted molar refractivity (Wildman–Crippen MR) is 86.3 cm³/mol. The molecule has 0 aliphatic carbocycles. The molecule has 0 aromatic heterocycles. The standard InChI is InChI=1S/C14H23N3O4S/c1-3-17(4-2)22(20,21)11-7-8-13(12(15)10-11)16-9-5-6-14(18)19/h7-8,10,16H,3-6,9,15H2,1-2H3,(H,18,19). The fourth-order valence-electron chi connectivity index (χ4n) is 2.04. The molecule has 0 aliphatic heterocycles. The summed E-state index contributed by atoms with van der Waals surface area (Å²) in [5.74, 6) is -0.851. The number of hydrogen-bond acceptors (Lipinski definition) is 5. The Bertz CT molecular complexity index is 613. The van der Waals surface area contributed by atoms with E-state index >= 15 is 0 Å². The maximum Gasteiger partial charge on any atom is 0.303 e. The Labute approximate surface area is 131 Å². The second-order valence-electron chi connectivity index (χ2n) is 4.76. The van der Waals surface area contributed by atoms with Crippen LogP contribution in [0.25, 0.3) is 0 Å². The molecule has 0 unspecified atom stereocenters. The molecule has 124 valence electrons. The van der Waals surface area contributed by atoms with Gasteiger partial charge in [0.25, 0.3) is 0 Å². The molecule has 1 aromatic rings. The van der Waals surface area contributed by atoms with Gasteiger partial charge in [-0.2, -0.15) is 4.31 Å². The minimum Gasteiger partial charge on any atom is -0.481 e.